The van der Waals surface area contributed by atoms with Crippen molar-refractivity contribution in [1.29, 1.82) is 5.41 Å². The molecule has 1 fully saturated rings. The third-order valence-electron chi connectivity index (χ3n) is 5.95. The number of nitrogen functional groups attached to an aromatic ring is 1. The van der Waals surface area contributed by atoms with E-state index in [4.69, 9.17) is 16.1 Å². The lowest BCUT2D eigenvalue weighted by molar-refractivity contribution is 0.242. The van der Waals surface area contributed by atoms with Crippen LogP contribution in [0.4, 0.5) is 5.69 Å². The lowest BCUT2D eigenvalue weighted by atomic mass is 9.99. The highest BCUT2D eigenvalue weighted by Gasteiger charge is 2.22. The first-order valence-corrected chi connectivity index (χ1v) is 11.1. The Labute approximate surface area is 190 Å². The molecule has 1 aliphatic heterocycles. The molecule has 0 spiro atoms. The molecule has 3 aromatic rings. The maximum absolute atomic E-state index is 8.00. The zero-order chi connectivity index (χ0) is 23.3. The second-order valence-electron chi connectivity index (χ2n) is 8.70. The first kappa shape index (κ1) is 23.7. The van der Waals surface area contributed by atoms with Gasteiger partial charge in [0.2, 0.25) is 0 Å². The number of amidine groups is 1. The van der Waals surface area contributed by atoms with E-state index in [0.717, 1.165) is 61.7 Å². The largest absolute Gasteiger partial charge is 0.384 e. The average molecular weight is 437 g/mol. The summed E-state index contributed by atoms with van der Waals surface area (Å²) >= 11 is 0. The standard InChI is InChI=1S/C24H32N6.H4N2/c1-17(2)14-18-8-9-19(24(25)26)22(15-18)30-12-10-29(11-13-30)16-23-27-20-6-4-5-7-21(20)28(23)3;1-2/h4-9,15,17H,10-14,16H2,1-3H3,(H3,25,26);1-2H2. The van der Waals surface area contributed by atoms with Crippen molar-refractivity contribution in [2.75, 3.05) is 31.1 Å². The molecule has 0 amide bonds. The van der Waals surface area contributed by atoms with Crippen LogP contribution in [0.2, 0.25) is 0 Å². The number of aromatic nitrogens is 2. The molecule has 1 aromatic heterocycles. The van der Waals surface area contributed by atoms with Gasteiger partial charge in [-0.15, -0.1) is 0 Å². The van der Waals surface area contributed by atoms with Gasteiger partial charge in [-0.2, -0.15) is 0 Å². The number of fused-ring (bicyclic) bond motifs is 1. The molecule has 32 heavy (non-hydrogen) atoms. The molecule has 8 heteroatoms. The molecule has 4 rings (SSSR count). The molecule has 172 valence electrons. The minimum absolute atomic E-state index is 0.142. The van der Waals surface area contributed by atoms with Crippen LogP contribution in [0.1, 0.15) is 30.8 Å². The average Bonchev–Trinajstić information content (AvgIpc) is 3.10. The van der Waals surface area contributed by atoms with Crippen LogP contribution in [0, 0.1) is 11.3 Å². The van der Waals surface area contributed by atoms with Crippen LogP contribution in [0.5, 0.6) is 0 Å². The van der Waals surface area contributed by atoms with E-state index in [2.05, 4.69) is 77.3 Å². The number of nitrogens with one attached hydrogen (secondary N) is 1. The van der Waals surface area contributed by atoms with Crippen molar-refractivity contribution < 1.29 is 0 Å². The number of imidazole rings is 1. The Balaban J connectivity index is 0.00000141. The van der Waals surface area contributed by atoms with Gasteiger partial charge in [0.15, 0.2) is 0 Å². The van der Waals surface area contributed by atoms with Crippen LogP contribution in [0.15, 0.2) is 42.5 Å². The Morgan fingerprint density at radius 2 is 1.75 bits per heavy atom. The van der Waals surface area contributed by atoms with Gasteiger partial charge >= 0.3 is 0 Å². The van der Waals surface area contributed by atoms with Crippen LogP contribution in [-0.4, -0.2) is 46.5 Å². The molecule has 1 aliphatic rings. The van der Waals surface area contributed by atoms with Gasteiger partial charge in [-0.3, -0.25) is 22.0 Å². The number of nitrogens with zero attached hydrogens (tertiary/aromatic N) is 4. The third-order valence-corrected chi connectivity index (χ3v) is 5.95. The fourth-order valence-electron chi connectivity index (χ4n) is 4.35. The number of benzene rings is 2. The SMILES string of the molecule is CC(C)Cc1ccc(C(=N)N)c(N2CCN(Cc3nc4ccccc4n3C)CC2)c1.NN. The molecule has 8 nitrogen and oxygen atoms in total. The van der Waals surface area contributed by atoms with Crippen molar-refractivity contribution in [1.82, 2.24) is 14.5 Å². The molecule has 0 unspecified atom stereocenters. The minimum Gasteiger partial charge on any atom is -0.384 e. The Hall–Kier alpha value is -2.94. The first-order chi connectivity index (χ1) is 15.4. The first-order valence-electron chi connectivity index (χ1n) is 11.1. The molecule has 2 heterocycles. The van der Waals surface area contributed by atoms with Crippen molar-refractivity contribution in [3.63, 3.8) is 0 Å². The number of hydrazine groups is 1. The second kappa shape index (κ2) is 10.6. The Morgan fingerprint density at radius 1 is 1.06 bits per heavy atom. The third kappa shape index (κ3) is 5.27. The molecule has 0 atom stereocenters. The van der Waals surface area contributed by atoms with E-state index in [0.29, 0.717) is 5.92 Å². The highest BCUT2D eigenvalue weighted by Crippen LogP contribution is 2.25. The van der Waals surface area contributed by atoms with Gasteiger partial charge in [0.05, 0.1) is 17.6 Å². The number of anilines is 1. The zero-order valence-electron chi connectivity index (χ0n) is 19.4. The summed E-state index contributed by atoms with van der Waals surface area (Å²) in [4.78, 5) is 9.67. The molecular weight excluding hydrogens is 400 g/mol. The zero-order valence-corrected chi connectivity index (χ0v) is 19.4. The van der Waals surface area contributed by atoms with E-state index in [1.54, 1.807) is 0 Å². The van der Waals surface area contributed by atoms with Gasteiger partial charge < -0.3 is 15.2 Å². The quantitative estimate of drug-likeness (QED) is 0.203. The summed E-state index contributed by atoms with van der Waals surface area (Å²) in [6.45, 7) is 9.11. The lowest BCUT2D eigenvalue weighted by Gasteiger charge is -2.37. The fraction of sp³-hybridized carbons (Fsp3) is 0.417. The molecule has 0 saturated carbocycles. The summed E-state index contributed by atoms with van der Waals surface area (Å²) in [5.74, 6) is 9.85. The van der Waals surface area contributed by atoms with Gasteiger partial charge in [0.25, 0.3) is 0 Å². The number of piperazine rings is 1. The number of hydrogen-bond acceptors (Lipinski definition) is 6. The normalized spacial score (nSPS) is 14.5. The summed E-state index contributed by atoms with van der Waals surface area (Å²) < 4.78 is 2.20. The molecule has 7 N–H and O–H groups in total. The van der Waals surface area contributed by atoms with Crippen molar-refractivity contribution in [3.8, 4) is 0 Å². The topological polar surface area (TPSA) is 126 Å². The Morgan fingerprint density at radius 3 is 2.38 bits per heavy atom. The summed E-state index contributed by atoms with van der Waals surface area (Å²) in [6.07, 6.45) is 1.04. The van der Waals surface area contributed by atoms with Crippen molar-refractivity contribution in [3.05, 3.63) is 59.4 Å². The highest BCUT2D eigenvalue weighted by atomic mass is 15.3. The minimum atomic E-state index is 0.142. The van der Waals surface area contributed by atoms with E-state index in [1.807, 2.05) is 12.1 Å². The van der Waals surface area contributed by atoms with E-state index in [1.165, 1.54) is 11.1 Å². The van der Waals surface area contributed by atoms with E-state index >= 15 is 0 Å². The van der Waals surface area contributed by atoms with Crippen LogP contribution in [-0.2, 0) is 20.0 Å². The highest BCUT2D eigenvalue weighted by molar-refractivity contribution is 6.00. The number of rotatable bonds is 6. The van der Waals surface area contributed by atoms with Gasteiger partial charge in [-0.1, -0.05) is 32.0 Å². The molecule has 2 aromatic carbocycles. The number of aryl methyl sites for hydroxylation is 1. The van der Waals surface area contributed by atoms with Crippen molar-refractivity contribution in [2.45, 2.75) is 26.8 Å². The summed E-state index contributed by atoms with van der Waals surface area (Å²) in [6, 6.07) is 14.7. The monoisotopic (exact) mass is 436 g/mol. The summed E-state index contributed by atoms with van der Waals surface area (Å²) in [5.41, 5.74) is 11.4. The number of para-hydroxylation sites is 2. The second-order valence-corrected chi connectivity index (χ2v) is 8.70. The number of hydrogen-bond donors (Lipinski definition) is 4. The van der Waals surface area contributed by atoms with Gasteiger partial charge in [-0.05, 0) is 42.2 Å². The summed E-state index contributed by atoms with van der Waals surface area (Å²) in [7, 11) is 2.10. The van der Waals surface area contributed by atoms with Crippen molar-refractivity contribution >= 4 is 22.6 Å². The summed E-state index contributed by atoms with van der Waals surface area (Å²) in [5, 5.41) is 8.00. The maximum atomic E-state index is 8.00. The van der Waals surface area contributed by atoms with Crippen molar-refractivity contribution in [2.24, 2.45) is 30.4 Å². The molecular formula is C24H36N8. The van der Waals surface area contributed by atoms with Crippen LogP contribution < -0.4 is 22.3 Å². The fourth-order valence-corrected chi connectivity index (χ4v) is 4.35. The lowest BCUT2D eigenvalue weighted by Crippen LogP contribution is -2.46. The van der Waals surface area contributed by atoms with Crippen LogP contribution >= 0.6 is 0 Å². The van der Waals surface area contributed by atoms with Gasteiger partial charge in [-0.25, -0.2) is 4.98 Å². The maximum Gasteiger partial charge on any atom is 0.124 e. The van der Waals surface area contributed by atoms with E-state index < -0.39 is 0 Å². The molecule has 0 bridgehead atoms. The predicted octanol–water partition coefficient (Wildman–Crippen LogP) is 2.20. The Kier molecular flexibility index (Phi) is 7.84. The molecule has 1 saturated heterocycles. The van der Waals surface area contributed by atoms with Crippen LogP contribution in [0.25, 0.3) is 11.0 Å². The van der Waals surface area contributed by atoms with Crippen LogP contribution in [0.3, 0.4) is 0 Å². The number of nitrogens with two attached hydrogens (primary N) is 3. The van der Waals surface area contributed by atoms with E-state index in [-0.39, 0.29) is 5.84 Å². The smallest absolute Gasteiger partial charge is 0.124 e. The Bertz CT molecular complexity index is 1050. The molecule has 0 aliphatic carbocycles. The molecule has 0 radical (unpaired) electrons. The van der Waals surface area contributed by atoms with Gasteiger partial charge in [0, 0.05) is 44.5 Å². The van der Waals surface area contributed by atoms with Gasteiger partial charge in [0.1, 0.15) is 11.7 Å². The van der Waals surface area contributed by atoms with E-state index in [9.17, 15) is 0 Å². The predicted molar refractivity (Wildman–Crippen MR) is 133 cm³/mol.